The summed E-state index contributed by atoms with van der Waals surface area (Å²) < 4.78 is 12.9. The number of halogens is 1. The molecule has 0 aliphatic carbocycles. The first kappa shape index (κ1) is 8.25. The molecule has 0 heterocycles. The summed E-state index contributed by atoms with van der Waals surface area (Å²) in [6.07, 6.45) is 1.69. The lowest BCUT2D eigenvalue weighted by Gasteiger charge is -2.01. The molecule has 59 valence electrons. The summed E-state index contributed by atoms with van der Waals surface area (Å²) in [4.78, 5) is 0. The van der Waals surface area contributed by atoms with E-state index < -0.39 is 0 Å². The monoisotopic (exact) mass is 151 g/mol. The maximum Gasteiger partial charge on any atom is 0.134 e. The van der Waals surface area contributed by atoms with Crippen molar-refractivity contribution < 1.29 is 4.39 Å². The van der Waals surface area contributed by atoms with Crippen LogP contribution < -0.4 is 0 Å². The van der Waals surface area contributed by atoms with Crippen LogP contribution >= 0.6 is 0 Å². The first-order valence-electron chi connectivity index (χ1n) is 3.97. The maximum absolute atomic E-state index is 12.9. The lowest BCUT2D eigenvalue weighted by Crippen LogP contribution is -1.90. The Hall–Kier alpha value is -0.850. The molecule has 0 bridgehead atoms. The van der Waals surface area contributed by atoms with Crippen molar-refractivity contribution in [3.8, 4) is 0 Å². The minimum Gasteiger partial charge on any atom is -0.206 e. The molecule has 1 rings (SSSR count). The van der Waals surface area contributed by atoms with Crippen molar-refractivity contribution in [1.29, 1.82) is 0 Å². The van der Waals surface area contributed by atoms with Gasteiger partial charge in [-0.05, 0) is 30.0 Å². The molecular formula is C10H12F. The second-order valence-corrected chi connectivity index (χ2v) is 2.55. The van der Waals surface area contributed by atoms with Crippen LogP contribution in [0.5, 0.6) is 0 Å². The summed E-state index contributed by atoms with van der Waals surface area (Å²) in [5.41, 5.74) is 1.92. The van der Waals surface area contributed by atoms with E-state index in [1.807, 2.05) is 13.0 Å². The zero-order chi connectivity index (χ0) is 8.27. The molecule has 0 amide bonds. The predicted octanol–water partition coefficient (Wildman–Crippen LogP) is 2.75. The topological polar surface area (TPSA) is 0 Å². The Morgan fingerprint density at radius 1 is 1.36 bits per heavy atom. The van der Waals surface area contributed by atoms with Crippen molar-refractivity contribution in [2.75, 3.05) is 0 Å². The Kier molecular flexibility index (Phi) is 2.64. The van der Waals surface area contributed by atoms with Crippen LogP contribution in [0.3, 0.4) is 0 Å². The highest BCUT2D eigenvalue weighted by molar-refractivity contribution is 5.23. The van der Waals surface area contributed by atoms with Crippen LogP contribution in [0, 0.1) is 11.9 Å². The largest absolute Gasteiger partial charge is 0.206 e. The van der Waals surface area contributed by atoms with E-state index in [1.54, 1.807) is 6.07 Å². The third-order valence-electron chi connectivity index (χ3n) is 1.81. The summed E-state index contributed by atoms with van der Waals surface area (Å²) >= 11 is 0. The zero-order valence-electron chi connectivity index (χ0n) is 6.95. The van der Waals surface area contributed by atoms with Gasteiger partial charge >= 0.3 is 0 Å². The number of hydrogen-bond donors (Lipinski definition) is 0. The predicted molar refractivity (Wildman–Crippen MR) is 44.0 cm³/mol. The fraction of sp³-hybridized carbons (Fsp3) is 0.400. The molecule has 1 radical (unpaired) electrons. The Labute approximate surface area is 67.1 Å². The Morgan fingerprint density at radius 3 is 2.64 bits per heavy atom. The molecule has 0 aliphatic rings. The fourth-order valence-corrected chi connectivity index (χ4v) is 1.04. The molecular weight excluding hydrogens is 139 g/mol. The van der Waals surface area contributed by atoms with Gasteiger partial charge in [-0.2, -0.15) is 0 Å². The van der Waals surface area contributed by atoms with Gasteiger partial charge in [-0.1, -0.05) is 19.9 Å². The lowest BCUT2D eigenvalue weighted by atomic mass is 10.1. The fourth-order valence-electron chi connectivity index (χ4n) is 1.04. The third-order valence-corrected chi connectivity index (χ3v) is 1.81. The van der Waals surface area contributed by atoms with Gasteiger partial charge in [0.15, 0.2) is 0 Å². The smallest absolute Gasteiger partial charge is 0.134 e. The molecule has 1 aromatic rings. The van der Waals surface area contributed by atoms with Gasteiger partial charge in [-0.15, -0.1) is 0 Å². The summed E-state index contributed by atoms with van der Waals surface area (Å²) in [6.45, 7) is 4.01. The van der Waals surface area contributed by atoms with Crippen LogP contribution in [0.4, 0.5) is 4.39 Å². The maximum atomic E-state index is 12.9. The Bertz CT molecular complexity index is 241. The minimum absolute atomic E-state index is 0.204. The van der Waals surface area contributed by atoms with Crippen LogP contribution in [0.25, 0.3) is 0 Å². The van der Waals surface area contributed by atoms with E-state index in [2.05, 4.69) is 13.0 Å². The second-order valence-electron chi connectivity index (χ2n) is 2.55. The first-order valence-corrected chi connectivity index (χ1v) is 3.97. The van der Waals surface area contributed by atoms with Gasteiger partial charge in [0, 0.05) is 6.07 Å². The molecule has 0 atom stereocenters. The van der Waals surface area contributed by atoms with E-state index in [9.17, 15) is 4.39 Å². The van der Waals surface area contributed by atoms with Crippen molar-refractivity contribution in [2.45, 2.75) is 26.7 Å². The van der Waals surface area contributed by atoms with Gasteiger partial charge in [0.25, 0.3) is 0 Å². The number of aryl methyl sites for hydroxylation is 2. The molecule has 1 aromatic carbocycles. The highest BCUT2D eigenvalue weighted by Gasteiger charge is 1.99. The quantitative estimate of drug-likeness (QED) is 0.609. The number of benzene rings is 1. The van der Waals surface area contributed by atoms with Gasteiger partial charge in [0.2, 0.25) is 0 Å². The molecule has 0 saturated heterocycles. The summed E-state index contributed by atoms with van der Waals surface area (Å²) in [5.74, 6) is -0.204. The average molecular weight is 151 g/mol. The first-order chi connectivity index (χ1) is 5.27. The third kappa shape index (κ3) is 1.79. The SMILES string of the molecule is CCc1c[c]c(F)c(CC)c1. The van der Waals surface area contributed by atoms with Crippen LogP contribution in [-0.4, -0.2) is 0 Å². The number of rotatable bonds is 2. The molecule has 0 N–H and O–H groups in total. The summed E-state index contributed by atoms with van der Waals surface area (Å²) in [7, 11) is 0. The minimum atomic E-state index is -0.204. The normalized spacial score (nSPS) is 10.1. The zero-order valence-corrected chi connectivity index (χ0v) is 6.95. The van der Waals surface area contributed by atoms with Gasteiger partial charge in [0.05, 0.1) is 0 Å². The number of hydrogen-bond acceptors (Lipinski definition) is 0. The Balaban J connectivity index is 3.02. The standard InChI is InChI=1S/C10H12F/c1-3-8-5-6-10(11)9(4-2)7-8/h5,7H,3-4H2,1-2H3. The molecule has 0 aliphatic heterocycles. The molecule has 0 fully saturated rings. The molecule has 0 nitrogen and oxygen atoms in total. The average Bonchev–Trinajstić information content (AvgIpc) is 2.05. The summed E-state index contributed by atoms with van der Waals surface area (Å²) in [6, 6.07) is 6.23. The highest BCUT2D eigenvalue weighted by atomic mass is 19.1. The van der Waals surface area contributed by atoms with Crippen molar-refractivity contribution in [2.24, 2.45) is 0 Å². The summed E-state index contributed by atoms with van der Waals surface area (Å²) in [5, 5.41) is 0. The molecule has 1 heteroatoms. The molecule has 0 spiro atoms. The van der Waals surface area contributed by atoms with E-state index in [4.69, 9.17) is 0 Å². The van der Waals surface area contributed by atoms with E-state index in [0.29, 0.717) is 0 Å². The van der Waals surface area contributed by atoms with Crippen molar-refractivity contribution in [3.63, 3.8) is 0 Å². The van der Waals surface area contributed by atoms with Gasteiger partial charge < -0.3 is 0 Å². The lowest BCUT2D eigenvalue weighted by molar-refractivity contribution is 0.609. The highest BCUT2D eigenvalue weighted by Crippen LogP contribution is 2.10. The van der Waals surface area contributed by atoms with E-state index >= 15 is 0 Å². The molecule has 0 aromatic heterocycles. The van der Waals surface area contributed by atoms with Gasteiger partial charge in [-0.25, -0.2) is 4.39 Å². The van der Waals surface area contributed by atoms with Crippen molar-refractivity contribution in [1.82, 2.24) is 0 Å². The second kappa shape index (κ2) is 3.51. The molecule has 0 saturated carbocycles. The van der Waals surface area contributed by atoms with Crippen LogP contribution in [0.1, 0.15) is 25.0 Å². The van der Waals surface area contributed by atoms with Gasteiger partial charge in [0.1, 0.15) is 5.82 Å². The van der Waals surface area contributed by atoms with Gasteiger partial charge in [-0.3, -0.25) is 0 Å². The van der Waals surface area contributed by atoms with Crippen LogP contribution in [-0.2, 0) is 12.8 Å². The van der Waals surface area contributed by atoms with Crippen LogP contribution in [0.2, 0.25) is 0 Å². The van der Waals surface area contributed by atoms with E-state index in [-0.39, 0.29) is 5.82 Å². The van der Waals surface area contributed by atoms with Crippen LogP contribution in [0.15, 0.2) is 12.1 Å². The molecule has 0 unspecified atom stereocenters. The molecule has 11 heavy (non-hydrogen) atoms. The van der Waals surface area contributed by atoms with Crippen molar-refractivity contribution >= 4 is 0 Å². The van der Waals surface area contributed by atoms with E-state index in [0.717, 1.165) is 24.0 Å². The Morgan fingerprint density at radius 2 is 2.09 bits per heavy atom. The van der Waals surface area contributed by atoms with E-state index in [1.165, 1.54) is 0 Å². The van der Waals surface area contributed by atoms with Crippen molar-refractivity contribution in [3.05, 3.63) is 35.1 Å².